The predicted octanol–water partition coefficient (Wildman–Crippen LogP) is 3.59. The molecule has 0 bridgehead atoms. The molecule has 0 saturated heterocycles. The van der Waals surface area contributed by atoms with Crippen molar-refractivity contribution in [3.8, 4) is 11.4 Å². The molecule has 0 aliphatic heterocycles. The molecule has 20 heavy (non-hydrogen) atoms. The summed E-state index contributed by atoms with van der Waals surface area (Å²) in [7, 11) is 0. The Morgan fingerprint density at radius 2 is 1.80 bits per heavy atom. The summed E-state index contributed by atoms with van der Waals surface area (Å²) in [4.78, 5) is 15.8. The van der Waals surface area contributed by atoms with Crippen molar-refractivity contribution in [3.63, 3.8) is 0 Å². The van der Waals surface area contributed by atoms with E-state index >= 15 is 0 Å². The summed E-state index contributed by atoms with van der Waals surface area (Å²) in [6.07, 6.45) is 3.24. The fraction of sp³-hybridized carbons (Fsp3) is 0. The molecule has 4 nitrogen and oxygen atoms in total. The zero-order chi connectivity index (χ0) is 12.7. The van der Waals surface area contributed by atoms with Crippen LogP contribution in [0.15, 0.2) is 55.0 Å². The van der Waals surface area contributed by atoms with Crippen molar-refractivity contribution in [1.29, 1.82) is 0 Å². The second-order valence-electron chi connectivity index (χ2n) is 4.41. The number of fused-ring (bicyclic) bond motifs is 2. The van der Waals surface area contributed by atoms with E-state index in [1.807, 2.05) is 12.1 Å². The van der Waals surface area contributed by atoms with Crippen molar-refractivity contribution in [3.05, 3.63) is 55.0 Å². The Labute approximate surface area is 121 Å². The van der Waals surface area contributed by atoms with E-state index in [0.29, 0.717) is 5.65 Å². The summed E-state index contributed by atoms with van der Waals surface area (Å²) in [5.74, 6) is 0.821. The normalized spacial score (nSPS) is 10.6. The van der Waals surface area contributed by atoms with E-state index in [2.05, 4.69) is 50.3 Å². The minimum absolute atomic E-state index is 0. The molecule has 4 rings (SSSR count). The summed E-state index contributed by atoms with van der Waals surface area (Å²) in [5, 5.41) is 2.42. The maximum atomic E-state index is 4.48. The van der Waals surface area contributed by atoms with Gasteiger partial charge < -0.3 is 4.98 Å². The Hall–Kier alpha value is -2.46. The average molecular weight is 283 g/mol. The average Bonchev–Trinajstić information content (AvgIpc) is 2.90. The Kier molecular flexibility index (Phi) is 3.08. The molecule has 0 radical (unpaired) electrons. The van der Waals surface area contributed by atoms with Crippen LogP contribution in [0.5, 0.6) is 0 Å². The highest BCUT2D eigenvalue weighted by molar-refractivity contribution is 5.87. The van der Waals surface area contributed by atoms with Crippen LogP contribution in [-0.4, -0.2) is 19.9 Å². The highest BCUT2D eigenvalue weighted by atomic mass is 35.5. The number of aromatic nitrogens is 4. The summed E-state index contributed by atoms with van der Waals surface area (Å²) < 4.78 is 0. The molecule has 0 aliphatic carbocycles. The number of benzene rings is 2. The third-order valence-electron chi connectivity index (χ3n) is 3.18. The molecule has 2 aromatic heterocycles. The maximum absolute atomic E-state index is 4.48. The zero-order valence-electron chi connectivity index (χ0n) is 10.4. The van der Waals surface area contributed by atoms with Gasteiger partial charge in [0.2, 0.25) is 0 Å². The standard InChI is InChI=1S/C15H10N4.ClH/c1-2-4-11-7-12(6-5-10(11)3-1)14-18-13-8-16-9-17-15(13)19-14;/h1-9H,(H,16,17,18,19);1H. The molecule has 0 unspecified atom stereocenters. The molecule has 5 heteroatoms. The first kappa shape index (κ1) is 12.6. The van der Waals surface area contributed by atoms with Gasteiger partial charge in [0.05, 0.1) is 6.20 Å². The van der Waals surface area contributed by atoms with Gasteiger partial charge in [-0.1, -0.05) is 36.4 Å². The van der Waals surface area contributed by atoms with Gasteiger partial charge in [-0.3, -0.25) is 0 Å². The Balaban J connectivity index is 0.00000121. The summed E-state index contributed by atoms with van der Waals surface area (Å²) >= 11 is 0. The minimum atomic E-state index is 0. The lowest BCUT2D eigenvalue weighted by molar-refractivity contribution is 1.20. The molecular weight excluding hydrogens is 272 g/mol. The lowest BCUT2D eigenvalue weighted by Gasteiger charge is -2.00. The Morgan fingerprint density at radius 1 is 0.950 bits per heavy atom. The van der Waals surface area contributed by atoms with E-state index < -0.39 is 0 Å². The van der Waals surface area contributed by atoms with Crippen LogP contribution in [0.3, 0.4) is 0 Å². The van der Waals surface area contributed by atoms with Crippen molar-refractivity contribution < 1.29 is 0 Å². The second kappa shape index (κ2) is 4.90. The molecule has 0 fully saturated rings. The molecule has 0 aliphatic rings. The van der Waals surface area contributed by atoms with Crippen molar-refractivity contribution in [2.24, 2.45) is 0 Å². The SMILES string of the molecule is Cl.c1ccc2cc(-c3nc4ncncc4[nH]3)ccc2c1. The van der Waals surface area contributed by atoms with Gasteiger partial charge in [-0.05, 0) is 16.8 Å². The molecule has 0 saturated carbocycles. The fourth-order valence-corrected chi connectivity index (χ4v) is 2.24. The Bertz CT molecular complexity index is 852. The van der Waals surface area contributed by atoms with E-state index in [9.17, 15) is 0 Å². The van der Waals surface area contributed by atoms with Crippen LogP contribution in [0.4, 0.5) is 0 Å². The molecule has 2 aromatic carbocycles. The van der Waals surface area contributed by atoms with Gasteiger partial charge in [0.15, 0.2) is 5.65 Å². The third kappa shape index (κ3) is 2.00. The Morgan fingerprint density at radius 3 is 2.65 bits per heavy atom. The van der Waals surface area contributed by atoms with E-state index in [-0.39, 0.29) is 12.4 Å². The highest BCUT2D eigenvalue weighted by Crippen LogP contribution is 2.23. The van der Waals surface area contributed by atoms with Crippen molar-refractivity contribution in [2.45, 2.75) is 0 Å². The van der Waals surface area contributed by atoms with Crippen molar-refractivity contribution in [2.75, 3.05) is 0 Å². The second-order valence-corrected chi connectivity index (χ2v) is 4.41. The topological polar surface area (TPSA) is 54.5 Å². The van der Waals surface area contributed by atoms with E-state index in [4.69, 9.17) is 0 Å². The number of nitrogens with one attached hydrogen (secondary N) is 1. The number of hydrogen-bond donors (Lipinski definition) is 1. The summed E-state index contributed by atoms with van der Waals surface area (Å²) in [5.41, 5.74) is 2.60. The molecular formula is C15H11ClN4. The number of halogens is 1. The molecule has 1 N–H and O–H groups in total. The van der Waals surface area contributed by atoms with Gasteiger partial charge in [-0.15, -0.1) is 12.4 Å². The lowest BCUT2D eigenvalue weighted by Crippen LogP contribution is -1.81. The molecule has 98 valence electrons. The van der Waals surface area contributed by atoms with Gasteiger partial charge >= 0.3 is 0 Å². The molecule has 4 aromatic rings. The summed E-state index contributed by atoms with van der Waals surface area (Å²) in [6, 6.07) is 14.6. The monoisotopic (exact) mass is 282 g/mol. The summed E-state index contributed by atoms with van der Waals surface area (Å²) in [6.45, 7) is 0. The number of aromatic amines is 1. The van der Waals surface area contributed by atoms with Crippen LogP contribution in [0.25, 0.3) is 33.3 Å². The van der Waals surface area contributed by atoms with Crippen molar-refractivity contribution in [1.82, 2.24) is 19.9 Å². The quantitative estimate of drug-likeness (QED) is 0.580. The number of nitrogens with zero attached hydrogens (tertiary/aromatic N) is 3. The zero-order valence-corrected chi connectivity index (χ0v) is 11.3. The maximum Gasteiger partial charge on any atom is 0.181 e. The van der Waals surface area contributed by atoms with Gasteiger partial charge in [0, 0.05) is 5.56 Å². The smallest absolute Gasteiger partial charge is 0.181 e. The molecule has 0 amide bonds. The lowest BCUT2D eigenvalue weighted by atomic mass is 10.1. The van der Waals surface area contributed by atoms with E-state index in [0.717, 1.165) is 16.9 Å². The molecule has 0 spiro atoms. The van der Waals surface area contributed by atoms with Crippen LogP contribution < -0.4 is 0 Å². The fourth-order valence-electron chi connectivity index (χ4n) is 2.24. The number of hydrogen-bond acceptors (Lipinski definition) is 3. The largest absolute Gasteiger partial charge is 0.335 e. The first-order chi connectivity index (χ1) is 9.40. The molecule has 0 atom stereocenters. The number of H-pyrrole nitrogens is 1. The van der Waals surface area contributed by atoms with E-state index in [1.165, 1.54) is 17.1 Å². The van der Waals surface area contributed by atoms with E-state index in [1.54, 1.807) is 6.20 Å². The first-order valence-corrected chi connectivity index (χ1v) is 6.05. The third-order valence-corrected chi connectivity index (χ3v) is 3.18. The first-order valence-electron chi connectivity index (χ1n) is 6.05. The van der Waals surface area contributed by atoms with Gasteiger partial charge in [0.25, 0.3) is 0 Å². The van der Waals surface area contributed by atoms with Gasteiger partial charge in [-0.2, -0.15) is 0 Å². The highest BCUT2D eigenvalue weighted by Gasteiger charge is 2.06. The van der Waals surface area contributed by atoms with Crippen LogP contribution in [0.1, 0.15) is 0 Å². The number of imidazole rings is 1. The predicted molar refractivity (Wildman–Crippen MR) is 81.9 cm³/mol. The van der Waals surface area contributed by atoms with Crippen LogP contribution in [0, 0.1) is 0 Å². The number of rotatable bonds is 1. The van der Waals surface area contributed by atoms with Crippen LogP contribution in [0.2, 0.25) is 0 Å². The van der Waals surface area contributed by atoms with Gasteiger partial charge in [-0.25, -0.2) is 15.0 Å². The van der Waals surface area contributed by atoms with Gasteiger partial charge in [0.1, 0.15) is 17.7 Å². The van der Waals surface area contributed by atoms with Crippen LogP contribution in [-0.2, 0) is 0 Å². The van der Waals surface area contributed by atoms with Crippen LogP contribution >= 0.6 is 12.4 Å². The molecule has 2 heterocycles. The minimum Gasteiger partial charge on any atom is -0.335 e. The van der Waals surface area contributed by atoms with Crippen molar-refractivity contribution >= 4 is 34.3 Å².